The lowest BCUT2D eigenvalue weighted by Gasteiger charge is -2.04. The summed E-state index contributed by atoms with van der Waals surface area (Å²) in [6, 6.07) is 0.217. The molecular weight excluding hydrogens is 114 g/mol. The summed E-state index contributed by atoms with van der Waals surface area (Å²) in [5, 5.41) is 0. The van der Waals surface area contributed by atoms with Gasteiger partial charge in [-0.15, -0.1) is 0 Å². The maximum absolute atomic E-state index is 10.4. The molecule has 0 amide bonds. The van der Waals surface area contributed by atoms with Crippen molar-refractivity contribution in [2.24, 2.45) is 5.73 Å². The number of Topliss-reactive ketones (excluding diaryl/α,β-unsaturated/α-hetero) is 1. The Labute approximate surface area is 56.4 Å². The predicted octanol–water partition coefficient (Wildman–Crippen LogP) is 1.09. The van der Waals surface area contributed by atoms with E-state index in [4.69, 9.17) is 5.73 Å². The highest BCUT2D eigenvalue weighted by Crippen LogP contribution is 1.97. The Kier molecular flexibility index (Phi) is 4.32. The summed E-state index contributed by atoms with van der Waals surface area (Å²) in [7, 11) is 0. The molecule has 0 aromatic heterocycles. The highest BCUT2D eigenvalue weighted by atomic mass is 16.1. The van der Waals surface area contributed by atoms with Crippen molar-refractivity contribution in [3.05, 3.63) is 0 Å². The normalized spacial score (nSPS) is 13.2. The molecule has 0 aromatic rings. The van der Waals surface area contributed by atoms with Crippen molar-refractivity contribution in [1.29, 1.82) is 0 Å². The summed E-state index contributed by atoms with van der Waals surface area (Å²) in [4.78, 5) is 10.4. The van der Waals surface area contributed by atoms with Gasteiger partial charge in [0.25, 0.3) is 0 Å². The van der Waals surface area contributed by atoms with Crippen LogP contribution in [0, 0.1) is 0 Å². The zero-order valence-corrected chi connectivity index (χ0v) is 6.18. The number of carbonyl (C=O) groups is 1. The average molecular weight is 129 g/mol. The second-order valence-corrected chi connectivity index (χ2v) is 2.41. The molecule has 54 valence electrons. The number of carbonyl (C=O) groups excluding carboxylic acids is 1. The molecule has 0 rings (SSSR count). The largest absolute Gasteiger partial charge is 0.328 e. The second-order valence-electron chi connectivity index (χ2n) is 2.41. The molecule has 0 aliphatic heterocycles. The van der Waals surface area contributed by atoms with E-state index in [0.29, 0.717) is 6.42 Å². The van der Waals surface area contributed by atoms with Gasteiger partial charge in [0.05, 0.1) is 0 Å². The molecule has 2 nitrogen and oxygen atoms in total. The Morgan fingerprint density at radius 1 is 1.67 bits per heavy atom. The van der Waals surface area contributed by atoms with Gasteiger partial charge in [0.2, 0.25) is 0 Å². The van der Waals surface area contributed by atoms with Crippen LogP contribution in [-0.2, 0) is 4.79 Å². The third kappa shape index (κ3) is 5.50. The molecule has 0 aliphatic rings. The lowest BCUT2D eigenvalue weighted by Crippen LogP contribution is -2.19. The van der Waals surface area contributed by atoms with E-state index in [-0.39, 0.29) is 11.8 Å². The van der Waals surface area contributed by atoms with Gasteiger partial charge in [-0.25, -0.2) is 0 Å². The molecule has 9 heavy (non-hydrogen) atoms. The van der Waals surface area contributed by atoms with Gasteiger partial charge in [0.15, 0.2) is 0 Å². The van der Waals surface area contributed by atoms with Crippen LogP contribution in [0.1, 0.15) is 33.1 Å². The van der Waals surface area contributed by atoms with Gasteiger partial charge >= 0.3 is 0 Å². The van der Waals surface area contributed by atoms with Gasteiger partial charge in [-0.05, 0) is 19.8 Å². The minimum Gasteiger partial charge on any atom is -0.328 e. The van der Waals surface area contributed by atoms with Crippen LogP contribution >= 0.6 is 0 Å². The van der Waals surface area contributed by atoms with E-state index in [9.17, 15) is 4.79 Å². The van der Waals surface area contributed by atoms with Gasteiger partial charge in [-0.3, -0.25) is 0 Å². The van der Waals surface area contributed by atoms with Crippen molar-refractivity contribution in [2.45, 2.75) is 39.2 Å². The van der Waals surface area contributed by atoms with E-state index >= 15 is 0 Å². The Bertz CT molecular complexity index is 90.9. The Morgan fingerprint density at radius 2 is 2.22 bits per heavy atom. The number of ketones is 1. The summed E-state index contributed by atoms with van der Waals surface area (Å²) in [5.41, 5.74) is 5.57. The number of nitrogens with two attached hydrogens (primary N) is 1. The van der Waals surface area contributed by atoms with Gasteiger partial charge in [-0.1, -0.05) is 6.92 Å². The number of hydrogen-bond donors (Lipinski definition) is 1. The van der Waals surface area contributed by atoms with Crippen molar-refractivity contribution in [1.82, 2.24) is 0 Å². The highest BCUT2D eigenvalue weighted by Gasteiger charge is 1.99. The molecule has 2 N–H and O–H groups in total. The fraction of sp³-hybridized carbons (Fsp3) is 0.857. The first-order valence-corrected chi connectivity index (χ1v) is 3.41. The molecule has 0 fully saturated rings. The maximum atomic E-state index is 10.4. The van der Waals surface area contributed by atoms with Crippen LogP contribution in [0.15, 0.2) is 0 Å². The Morgan fingerprint density at radius 3 is 2.56 bits per heavy atom. The lowest BCUT2D eigenvalue weighted by molar-refractivity contribution is -0.117. The van der Waals surface area contributed by atoms with Gasteiger partial charge in [0, 0.05) is 12.5 Å². The van der Waals surface area contributed by atoms with E-state index in [1.54, 1.807) is 6.92 Å². The second kappa shape index (κ2) is 4.50. The van der Waals surface area contributed by atoms with Gasteiger partial charge in [-0.2, -0.15) is 0 Å². The Balaban J connectivity index is 3.16. The van der Waals surface area contributed by atoms with Crippen molar-refractivity contribution in [2.75, 3.05) is 0 Å². The number of rotatable bonds is 4. The molecule has 1 unspecified atom stereocenters. The van der Waals surface area contributed by atoms with Crippen LogP contribution in [0.3, 0.4) is 0 Å². The van der Waals surface area contributed by atoms with E-state index < -0.39 is 0 Å². The first kappa shape index (κ1) is 8.63. The summed E-state index contributed by atoms with van der Waals surface area (Å²) in [6.45, 7) is 3.63. The third-order valence-electron chi connectivity index (χ3n) is 1.39. The van der Waals surface area contributed by atoms with Crippen LogP contribution in [0.4, 0.5) is 0 Å². The topological polar surface area (TPSA) is 43.1 Å². The summed E-state index contributed by atoms with van der Waals surface area (Å²) < 4.78 is 0. The quantitative estimate of drug-likeness (QED) is 0.617. The van der Waals surface area contributed by atoms with E-state index in [1.165, 1.54) is 0 Å². The summed E-state index contributed by atoms with van der Waals surface area (Å²) >= 11 is 0. The zero-order chi connectivity index (χ0) is 7.28. The molecule has 0 aliphatic carbocycles. The third-order valence-corrected chi connectivity index (χ3v) is 1.39. The van der Waals surface area contributed by atoms with Crippen LogP contribution < -0.4 is 5.73 Å². The molecule has 2 heteroatoms. The SMILES string of the molecule is CCC(N)CCC(C)=O. The Hall–Kier alpha value is -0.370. The van der Waals surface area contributed by atoms with Crippen molar-refractivity contribution >= 4 is 5.78 Å². The molecule has 0 bridgehead atoms. The summed E-state index contributed by atoms with van der Waals surface area (Å²) in [5.74, 6) is 0.235. The number of hydrogen-bond acceptors (Lipinski definition) is 2. The molecule has 0 heterocycles. The predicted molar refractivity (Wildman–Crippen MR) is 38.2 cm³/mol. The smallest absolute Gasteiger partial charge is 0.129 e. The zero-order valence-electron chi connectivity index (χ0n) is 6.18. The van der Waals surface area contributed by atoms with Crippen LogP contribution in [0.2, 0.25) is 0 Å². The fourth-order valence-corrected chi connectivity index (χ4v) is 0.593. The molecule has 0 saturated heterocycles. The maximum Gasteiger partial charge on any atom is 0.129 e. The van der Waals surface area contributed by atoms with Crippen molar-refractivity contribution < 1.29 is 4.79 Å². The fourth-order valence-electron chi connectivity index (χ4n) is 0.593. The lowest BCUT2D eigenvalue weighted by atomic mass is 10.1. The van der Waals surface area contributed by atoms with Crippen LogP contribution in [0.5, 0.6) is 0 Å². The molecular formula is C7H15NO. The molecule has 0 radical (unpaired) electrons. The van der Waals surface area contributed by atoms with E-state index in [1.807, 2.05) is 6.92 Å². The molecule has 0 saturated carbocycles. The monoisotopic (exact) mass is 129 g/mol. The molecule has 0 spiro atoms. The minimum absolute atomic E-state index is 0.217. The van der Waals surface area contributed by atoms with E-state index in [0.717, 1.165) is 12.8 Å². The average Bonchev–Trinajstić information content (AvgIpc) is 1.83. The molecule has 1 atom stereocenters. The highest BCUT2D eigenvalue weighted by molar-refractivity contribution is 5.75. The molecule has 0 aromatic carbocycles. The van der Waals surface area contributed by atoms with E-state index in [2.05, 4.69) is 0 Å². The van der Waals surface area contributed by atoms with Gasteiger partial charge < -0.3 is 10.5 Å². The van der Waals surface area contributed by atoms with Crippen LogP contribution in [0.25, 0.3) is 0 Å². The van der Waals surface area contributed by atoms with Crippen molar-refractivity contribution in [3.63, 3.8) is 0 Å². The van der Waals surface area contributed by atoms with Crippen molar-refractivity contribution in [3.8, 4) is 0 Å². The first-order valence-electron chi connectivity index (χ1n) is 3.41. The van der Waals surface area contributed by atoms with Gasteiger partial charge in [0.1, 0.15) is 5.78 Å². The summed E-state index contributed by atoms with van der Waals surface area (Å²) in [6.07, 6.45) is 2.44. The van der Waals surface area contributed by atoms with Crippen LogP contribution in [-0.4, -0.2) is 11.8 Å². The standard InChI is InChI=1S/C7H15NO/c1-3-7(8)5-4-6(2)9/h7H,3-5,8H2,1-2H3. The minimum atomic E-state index is 0.217. The first-order chi connectivity index (χ1) is 4.16.